The van der Waals surface area contributed by atoms with E-state index < -0.39 is 0 Å². The van der Waals surface area contributed by atoms with E-state index in [-0.39, 0.29) is 0 Å². The van der Waals surface area contributed by atoms with Crippen LogP contribution in [-0.4, -0.2) is 19.7 Å². The van der Waals surface area contributed by atoms with E-state index in [1.165, 1.54) is 6.33 Å². The van der Waals surface area contributed by atoms with Gasteiger partial charge in [-0.05, 0) is 36.2 Å². The minimum Gasteiger partial charge on any atom is -0.380 e. The summed E-state index contributed by atoms with van der Waals surface area (Å²) < 4.78 is 1.61. The maximum atomic E-state index is 6.12. The van der Waals surface area contributed by atoms with Crippen molar-refractivity contribution in [3.63, 3.8) is 0 Å². The lowest BCUT2D eigenvalue weighted by Gasteiger charge is -2.08. The topological polar surface area (TPSA) is 55.6 Å². The molecule has 0 saturated heterocycles. The van der Waals surface area contributed by atoms with Gasteiger partial charge in [-0.2, -0.15) is 5.10 Å². The van der Waals surface area contributed by atoms with Crippen molar-refractivity contribution < 1.29 is 0 Å². The van der Waals surface area contributed by atoms with Crippen molar-refractivity contribution in [2.24, 2.45) is 0 Å². The zero-order valence-electron chi connectivity index (χ0n) is 11.5. The Hall–Kier alpha value is -2.40. The molecule has 0 radical (unpaired) electrons. The first-order valence-electron chi connectivity index (χ1n) is 6.52. The van der Waals surface area contributed by atoms with Crippen molar-refractivity contribution >= 4 is 17.3 Å². The summed E-state index contributed by atoms with van der Waals surface area (Å²) in [5.41, 5.74) is 3.15. The third kappa shape index (κ3) is 3.20. The number of pyridine rings is 1. The van der Waals surface area contributed by atoms with Crippen LogP contribution in [0.25, 0.3) is 5.82 Å². The standard InChI is InChI=1S/C15H14ClN5/c1-11-2-3-12(6-14(11)16)7-18-13-4-5-15(19-8-13)21-10-17-9-20-21/h2-6,8-10,18H,7H2,1H3. The normalized spacial score (nSPS) is 10.6. The average molecular weight is 300 g/mol. The number of aromatic nitrogens is 4. The second-order valence-electron chi connectivity index (χ2n) is 4.68. The molecule has 0 fully saturated rings. The van der Waals surface area contributed by atoms with Crippen LogP contribution in [0.3, 0.4) is 0 Å². The Labute approximate surface area is 127 Å². The fraction of sp³-hybridized carbons (Fsp3) is 0.133. The fourth-order valence-electron chi connectivity index (χ4n) is 1.90. The molecule has 1 aromatic carbocycles. The Morgan fingerprint density at radius 3 is 2.81 bits per heavy atom. The lowest BCUT2D eigenvalue weighted by Crippen LogP contribution is -2.02. The van der Waals surface area contributed by atoms with Gasteiger partial charge in [-0.15, -0.1) is 0 Å². The number of hydrogen-bond donors (Lipinski definition) is 1. The molecule has 6 heteroatoms. The van der Waals surface area contributed by atoms with Crippen molar-refractivity contribution in [3.8, 4) is 5.82 Å². The van der Waals surface area contributed by atoms with Crippen LogP contribution in [-0.2, 0) is 6.54 Å². The number of nitrogens with one attached hydrogen (secondary N) is 1. The Bertz CT molecular complexity index is 722. The quantitative estimate of drug-likeness (QED) is 0.803. The van der Waals surface area contributed by atoms with Crippen LogP contribution in [0.4, 0.5) is 5.69 Å². The van der Waals surface area contributed by atoms with E-state index in [9.17, 15) is 0 Å². The number of aryl methyl sites for hydroxylation is 1. The van der Waals surface area contributed by atoms with E-state index in [0.29, 0.717) is 6.54 Å². The molecule has 0 spiro atoms. The fourth-order valence-corrected chi connectivity index (χ4v) is 2.11. The Morgan fingerprint density at radius 2 is 2.14 bits per heavy atom. The summed E-state index contributed by atoms with van der Waals surface area (Å²) in [5.74, 6) is 0.733. The molecule has 0 unspecified atom stereocenters. The summed E-state index contributed by atoms with van der Waals surface area (Å²) in [5, 5.41) is 8.14. The van der Waals surface area contributed by atoms with Gasteiger partial charge in [0.2, 0.25) is 0 Å². The smallest absolute Gasteiger partial charge is 0.155 e. The molecule has 0 aliphatic carbocycles. The summed E-state index contributed by atoms with van der Waals surface area (Å²) >= 11 is 6.12. The van der Waals surface area contributed by atoms with Gasteiger partial charge in [0.25, 0.3) is 0 Å². The van der Waals surface area contributed by atoms with Crippen LogP contribution < -0.4 is 5.32 Å². The number of nitrogens with zero attached hydrogens (tertiary/aromatic N) is 4. The van der Waals surface area contributed by atoms with E-state index in [2.05, 4.69) is 26.4 Å². The van der Waals surface area contributed by atoms with Gasteiger partial charge in [0.05, 0.1) is 11.9 Å². The molecule has 0 aliphatic rings. The van der Waals surface area contributed by atoms with Gasteiger partial charge in [0.1, 0.15) is 12.7 Å². The minimum atomic E-state index is 0.699. The molecule has 0 bridgehead atoms. The van der Waals surface area contributed by atoms with Crippen molar-refractivity contribution in [2.45, 2.75) is 13.5 Å². The number of rotatable bonds is 4. The highest BCUT2D eigenvalue weighted by Gasteiger charge is 2.01. The zero-order valence-corrected chi connectivity index (χ0v) is 12.2. The average Bonchev–Trinajstić information content (AvgIpc) is 3.03. The summed E-state index contributed by atoms with van der Waals surface area (Å²) in [6, 6.07) is 9.90. The van der Waals surface area contributed by atoms with Gasteiger partial charge in [0, 0.05) is 11.6 Å². The van der Waals surface area contributed by atoms with Crippen molar-refractivity contribution in [1.82, 2.24) is 19.7 Å². The SMILES string of the molecule is Cc1ccc(CNc2ccc(-n3cncn3)nc2)cc1Cl. The maximum absolute atomic E-state index is 6.12. The van der Waals surface area contributed by atoms with Crippen LogP contribution >= 0.6 is 11.6 Å². The molecule has 0 atom stereocenters. The number of benzene rings is 1. The zero-order chi connectivity index (χ0) is 14.7. The van der Waals surface area contributed by atoms with Crippen LogP contribution in [0, 0.1) is 6.92 Å². The number of hydrogen-bond acceptors (Lipinski definition) is 4. The van der Waals surface area contributed by atoms with E-state index in [1.54, 1.807) is 17.2 Å². The highest BCUT2D eigenvalue weighted by atomic mass is 35.5. The van der Waals surface area contributed by atoms with E-state index in [1.807, 2.05) is 31.2 Å². The lowest BCUT2D eigenvalue weighted by molar-refractivity contribution is 0.845. The van der Waals surface area contributed by atoms with Gasteiger partial charge in [0.15, 0.2) is 5.82 Å². The van der Waals surface area contributed by atoms with Crippen LogP contribution in [0.1, 0.15) is 11.1 Å². The number of anilines is 1. The summed E-state index contributed by atoms with van der Waals surface area (Å²) in [7, 11) is 0. The predicted molar refractivity (Wildman–Crippen MR) is 82.7 cm³/mol. The Balaban J connectivity index is 1.66. The molecule has 5 nitrogen and oxygen atoms in total. The van der Waals surface area contributed by atoms with Crippen LogP contribution in [0.15, 0.2) is 49.2 Å². The van der Waals surface area contributed by atoms with Gasteiger partial charge in [-0.1, -0.05) is 23.7 Å². The third-order valence-corrected chi connectivity index (χ3v) is 3.54. The molecule has 2 heterocycles. The molecule has 0 saturated carbocycles. The lowest BCUT2D eigenvalue weighted by atomic mass is 10.1. The van der Waals surface area contributed by atoms with E-state index >= 15 is 0 Å². The molecule has 3 rings (SSSR count). The first-order chi connectivity index (χ1) is 10.2. The third-order valence-electron chi connectivity index (χ3n) is 3.13. The van der Waals surface area contributed by atoms with Gasteiger partial charge < -0.3 is 5.32 Å². The first kappa shape index (κ1) is 13.6. The molecule has 21 heavy (non-hydrogen) atoms. The molecule has 106 valence electrons. The molecular weight excluding hydrogens is 286 g/mol. The van der Waals surface area contributed by atoms with E-state index in [0.717, 1.165) is 27.7 Å². The molecule has 1 N–H and O–H groups in total. The highest BCUT2D eigenvalue weighted by molar-refractivity contribution is 6.31. The maximum Gasteiger partial charge on any atom is 0.155 e. The second kappa shape index (κ2) is 5.93. The minimum absolute atomic E-state index is 0.699. The van der Waals surface area contributed by atoms with Crippen molar-refractivity contribution in [1.29, 1.82) is 0 Å². The molecular formula is C15H14ClN5. The summed E-state index contributed by atoms with van der Waals surface area (Å²) in [6.45, 7) is 2.69. The largest absolute Gasteiger partial charge is 0.380 e. The van der Waals surface area contributed by atoms with Gasteiger partial charge in [-0.3, -0.25) is 0 Å². The summed E-state index contributed by atoms with van der Waals surface area (Å²) in [4.78, 5) is 8.23. The van der Waals surface area contributed by atoms with Crippen molar-refractivity contribution in [3.05, 3.63) is 65.3 Å². The van der Waals surface area contributed by atoms with Crippen LogP contribution in [0.2, 0.25) is 5.02 Å². The molecule has 0 aliphatic heterocycles. The number of halogens is 1. The molecule has 3 aromatic rings. The van der Waals surface area contributed by atoms with Gasteiger partial charge >= 0.3 is 0 Å². The highest BCUT2D eigenvalue weighted by Crippen LogP contribution is 2.18. The van der Waals surface area contributed by atoms with Gasteiger partial charge in [-0.25, -0.2) is 14.6 Å². The molecule has 0 amide bonds. The van der Waals surface area contributed by atoms with E-state index in [4.69, 9.17) is 11.6 Å². The molecule has 2 aromatic heterocycles. The Morgan fingerprint density at radius 1 is 1.24 bits per heavy atom. The van der Waals surface area contributed by atoms with Crippen molar-refractivity contribution in [2.75, 3.05) is 5.32 Å². The second-order valence-corrected chi connectivity index (χ2v) is 5.09. The summed E-state index contributed by atoms with van der Waals surface area (Å²) in [6.07, 6.45) is 4.87. The van der Waals surface area contributed by atoms with Crippen LogP contribution in [0.5, 0.6) is 0 Å². The predicted octanol–water partition coefficient (Wildman–Crippen LogP) is 3.24. The first-order valence-corrected chi connectivity index (χ1v) is 6.90. The monoisotopic (exact) mass is 299 g/mol. The Kier molecular flexibility index (Phi) is 3.83.